The lowest BCUT2D eigenvalue weighted by Crippen LogP contribution is -2.40. The summed E-state index contributed by atoms with van der Waals surface area (Å²) in [5.41, 5.74) is 2.96. The van der Waals surface area contributed by atoms with E-state index in [9.17, 15) is 0 Å². The number of aromatic nitrogens is 2. The maximum Gasteiger partial charge on any atom is 0.0949 e. The van der Waals surface area contributed by atoms with Crippen molar-refractivity contribution in [1.82, 2.24) is 14.9 Å². The van der Waals surface area contributed by atoms with Crippen molar-refractivity contribution in [3.05, 3.63) is 17.7 Å². The highest BCUT2D eigenvalue weighted by Gasteiger charge is 2.34. The third-order valence-corrected chi connectivity index (χ3v) is 3.74. The minimum Gasteiger partial charge on any atom is -0.336 e. The van der Waals surface area contributed by atoms with E-state index in [0.29, 0.717) is 11.5 Å². The molecule has 2 heterocycles. The molecule has 0 aliphatic carbocycles. The predicted octanol–water partition coefficient (Wildman–Crippen LogP) is 2.04. The van der Waals surface area contributed by atoms with Crippen LogP contribution in [0.2, 0.25) is 0 Å². The summed E-state index contributed by atoms with van der Waals surface area (Å²) in [6.45, 7) is 7.96. The van der Waals surface area contributed by atoms with Gasteiger partial charge in [-0.3, -0.25) is 0 Å². The largest absolute Gasteiger partial charge is 0.336 e. The summed E-state index contributed by atoms with van der Waals surface area (Å²) in [6.07, 6.45) is 4.18. The van der Waals surface area contributed by atoms with E-state index in [2.05, 4.69) is 42.7 Å². The van der Waals surface area contributed by atoms with E-state index in [1.165, 1.54) is 17.8 Å². The van der Waals surface area contributed by atoms with Gasteiger partial charge in [0.25, 0.3) is 0 Å². The average molecular weight is 207 g/mol. The predicted molar refractivity (Wildman–Crippen MR) is 61.7 cm³/mol. The second kappa shape index (κ2) is 3.63. The van der Waals surface area contributed by atoms with Crippen molar-refractivity contribution >= 4 is 0 Å². The Hall–Kier alpha value is -0.830. The molecule has 1 aliphatic rings. The molecule has 1 aliphatic heterocycles. The molecule has 1 atom stereocenters. The highest BCUT2D eigenvalue weighted by molar-refractivity contribution is 5.22. The van der Waals surface area contributed by atoms with Gasteiger partial charge in [0.1, 0.15) is 0 Å². The van der Waals surface area contributed by atoms with E-state index in [0.717, 1.165) is 13.0 Å². The summed E-state index contributed by atoms with van der Waals surface area (Å²) >= 11 is 0. The first-order chi connectivity index (χ1) is 7.06. The summed E-state index contributed by atoms with van der Waals surface area (Å²) < 4.78 is 2.17. The smallest absolute Gasteiger partial charge is 0.0949 e. The molecule has 3 heteroatoms. The number of hydrogen-bond acceptors (Lipinski definition) is 2. The maximum absolute atomic E-state index is 4.48. The zero-order chi connectivity index (χ0) is 11.1. The van der Waals surface area contributed by atoms with Crippen molar-refractivity contribution in [2.75, 3.05) is 6.54 Å². The Balaban J connectivity index is 2.41. The maximum atomic E-state index is 4.48. The van der Waals surface area contributed by atoms with E-state index >= 15 is 0 Å². The molecular weight excluding hydrogens is 186 g/mol. The Morgan fingerprint density at radius 3 is 3.00 bits per heavy atom. The van der Waals surface area contributed by atoms with Crippen LogP contribution >= 0.6 is 0 Å². The number of hydrogen-bond donors (Lipinski definition) is 1. The first kappa shape index (κ1) is 10.7. The number of rotatable bonds is 2. The first-order valence-corrected chi connectivity index (χ1v) is 5.79. The van der Waals surface area contributed by atoms with Gasteiger partial charge in [-0.1, -0.05) is 20.8 Å². The summed E-state index contributed by atoms with van der Waals surface area (Å²) in [7, 11) is 2.09. The lowest BCUT2D eigenvalue weighted by molar-refractivity contribution is 0.218. The van der Waals surface area contributed by atoms with Gasteiger partial charge in [-0.25, -0.2) is 4.98 Å². The number of nitrogens with zero attached hydrogens (tertiary/aromatic N) is 2. The monoisotopic (exact) mass is 207 g/mol. The molecule has 0 spiro atoms. The molecule has 1 N–H and O–H groups in total. The van der Waals surface area contributed by atoms with Crippen molar-refractivity contribution in [2.45, 2.75) is 39.7 Å². The van der Waals surface area contributed by atoms with E-state index in [1.54, 1.807) is 0 Å². The second-order valence-corrected chi connectivity index (χ2v) is 5.17. The van der Waals surface area contributed by atoms with Gasteiger partial charge in [0.15, 0.2) is 0 Å². The molecule has 0 amide bonds. The van der Waals surface area contributed by atoms with Crippen LogP contribution in [0.1, 0.15) is 44.6 Å². The minimum atomic E-state index is 0.295. The molecule has 0 saturated carbocycles. The Bertz CT molecular complexity index is 352. The van der Waals surface area contributed by atoms with E-state index in [1.807, 2.05) is 6.33 Å². The second-order valence-electron chi connectivity index (χ2n) is 5.17. The quantitative estimate of drug-likeness (QED) is 0.804. The molecule has 1 aromatic heterocycles. The van der Waals surface area contributed by atoms with Crippen LogP contribution in [0, 0.1) is 5.41 Å². The Morgan fingerprint density at radius 2 is 2.33 bits per heavy atom. The van der Waals surface area contributed by atoms with Gasteiger partial charge in [-0.15, -0.1) is 0 Å². The summed E-state index contributed by atoms with van der Waals surface area (Å²) in [5.74, 6) is 0. The molecule has 1 unspecified atom stereocenters. The van der Waals surface area contributed by atoms with Gasteiger partial charge in [0, 0.05) is 20.0 Å². The number of fused-ring (bicyclic) bond motifs is 1. The van der Waals surface area contributed by atoms with Crippen molar-refractivity contribution in [1.29, 1.82) is 0 Å². The Kier molecular flexibility index (Phi) is 2.59. The molecule has 0 aromatic carbocycles. The molecule has 1 aromatic rings. The lowest BCUT2D eigenvalue weighted by Gasteiger charge is -2.37. The summed E-state index contributed by atoms with van der Waals surface area (Å²) in [4.78, 5) is 4.48. The van der Waals surface area contributed by atoms with Crippen LogP contribution < -0.4 is 5.32 Å². The zero-order valence-corrected chi connectivity index (χ0v) is 10.2. The van der Waals surface area contributed by atoms with E-state index < -0.39 is 0 Å². The fourth-order valence-corrected chi connectivity index (χ4v) is 2.33. The third kappa shape index (κ3) is 1.69. The van der Waals surface area contributed by atoms with Crippen LogP contribution in [0.15, 0.2) is 6.33 Å². The SMILES string of the molecule is CCC(C)(C)C1NCCc2ncn(C)c21. The fourth-order valence-electron chi connectivity index (χ4n) is 2.33. The lowest BCUT2D eigenvalue weighted by atomic mass is 9.78. The number of aryl methyl sites for hydroxylation is 1. The normalized spacial score (nSPS) is 21.5. The molecule has 3 nitrogen and oxygen atoms in total. The van der Waals surface area contributed by atoms with Crippen LogP contribution in [0.5, 0.6) is 0 Å². The van der Waals surface area contributed by atoms with Crippen molar-refractivity contribution in [3.63, 3.8) is 0 Å². The van der Waals surface area contributed by atoms with Gasteiger partial charge in [-0.05, 0) is 11.8 Å². The molecule has 0 saturated heterocycles. The molecule has 0 radical (unpaired) electrons. The topological polar surface area (TPSA) is 29.9 Å². The van der Waals surface area contributed by atoms with Gasteiger partial charge >= 0.3 is 0 Å². The van der Waals surface area contributed by atoms with Crippen molar-refractivity contribution < 1.29 is 0 Å². The molecule has 2 rings (SSSR count). The fraction of sp³-hybridized carbons (Fsp3) is 0.750. The first-order valence-electron chi connectivity index (χ1n) is 5.79. The van der Waals surface area contributed by atoms with Crippen LogP contribution in [-0.4, -0.2) is 16.1 Å². The molecular formula is C12H21N3. The minimum absolute atomic E-state index is 0.295. The highest BCUT2D eigenvalue weighted by Crippen LogP contribution is 2.38. The van der Waals surface area contributed by atoms with Crippen molar-refractivity contribution in [2.24, 2.45) is 12.5 Å². The standard InChI is InChI=1S/C12H21N3/c1-5-12(2,3)11-10-9(6-7-13-11)14-8-15(10)4/h8,11,13H,5-7H2,1-4H3. The molecule has 84 valence electrons. The van der Waals surface area contributed by atoms with Crippen LogP contribution in [0.25, 0.3) is 0 Å². The van der Waals surface area contributed by atoms with Crippen LogP contribution in [-0.2, 0) is 13.5 Å². The average Bonchev–Trinajstić information content (AvgIpc) is 2.60. The summed E-state index contributed by atoms with van der Waals surface area (Å²) in [5, 5.41) is 3.63. The van der Waals surface area contributed by atoms with Crippen molar-refractivity contribution in [3.8, 4) is 0 Å². The number of nitrogens with one attached hydrogen (secondary N) is 1. The highest BCUT2D eigenvalue weighted by atomic mass is 15.1. The Morgan fingerprint density at radius 1 is 1.60 bits per heavy atom. The van der Waals surface area contributed by atoms with Gasteiger partial charge in [0.05, 0.1) is 23.8 Å². The van der Waals surface area contributed by atoms with Crippen LogP contribution in [0.3, 0.4) is 0 Å². The molecule has 0 bridgehead atoms. The van der Waals surface area contributed by atoms with Gasteiger partial charge in [0.2, 0.25) is 0 Å². The Labute approximate surface area is 91.9 Å². The van der Waals surface area contributed by atoms with E-state index in [-0.39, 0.29) is 0 Å². The third-order valence-electron chi connectivity index (χ3n) is 3.74. The summed E-state index contributed by atoms with van der Waals surface area (Å²) in [6, 6.07) is 0.443. The van der Waals surface area contributed by atoms with E-state index in [4.69, 9.17) is 0 Å². The molecule has 0 fully saturated rings. The van der Waals surface area contributed by atoms with Gasteiger partial charge < -0.3 is 9.88 Å². The van der Waals surface area contributed by atoms with Crippen LogP contribution in [0.4, 0.5) is 0 Å². The number of imidazole rings is 1. The zero-order valence-electron chi connectivity index (χ0n) is 10.2. The molecule has 15 heavy (non-hydrogen) atoms. The van der Waals surface area contributed by atoms with Gasteiger partial charge in [-0.2, -0.15) is 0 Å².